The summed E-state index contributed by atoms with van der Waals surface area (Å²) in [6.45, 7) is 2.67. The lowest BCUT2D eigenvalue weighted by molar-refractivity contribution is 0.0695. The van der Waals surface area contributed by atoms with Crippen molar-refractivity contribution in [3.8, 4) is 0 Å². The van der Waals surface area contributed by atoms with Crippen molar-refractivity contribution in [2.24, 2.45) is 0 Å². The summed E-state index contributed by atoms with van der Waals surface area (Å²) in [4.78, 5) is 25.5. The van der Waals surface area contributed by atoms with Crippen molar-refractivity contribution in [2.75, 3.05) is 6.54 Å². The van der Waals surface area contributed by atoms with Crippen LogP contribution in [-0.2, 0) is 11.3 Å². The number of ether oxygens (including phenoxy) is 1. The summed E-state index contributed by atoms with van der Waals surface area (Å²) < 4.78 is 5.41. The molecule has 1 N–H and O–H groups in total. The minimum absolute atomic E-state index is 0.00609. The van der Waals surface area contributed by atoms with Crippen molar-refractivity contribution in [3.05, 3.63) is 71.3 Å². The third kappa shape index (κ3) is 3.82. The van der Waals surface area contributed by atoms with Crippen LogP contribution in [0.3, 0.4) is 0 Å². The monoisotopic (exact) mass is 339 g/mol. The summed E-state index contributed by atoms with van der Waals surface area (Å²) in [5.41, 5.74) is 2.02. The van der Waals surface area contributed by atoms with E-state index in [1.165, 1.54) is 0 Å². The lowest BCUT2D eigenvalue weighted by Gasteiger charge is -2.21. The number of likely N-dealkylation sites (tertiary alicyclic amines) is 1. The Labute approximate surface area is 146 Å². The van der Waals surface area contributed by atoms with Gasteiger partial charge >= 0.3 is 12.1 Å². The van der Waals surface area contributed by atoms with E-state index in [2.05, 4.69) is 0 Å². The molecule has 0 aromatic heterocycles. The van der Waals surface area contributed by atoms with Crippen molar-refractivity contribution in [2.45, 2.75) is 31.9 Å². The van der Waals surface area contributed by atoms with E-state index in [0.717, 1.165) is 17.5 Å². The van der Waals surface area contributed by atoms with E-state index >= 15 is 0 Å². The molecule has 3 rings (SSSR count). The molecule has 0 saturated carbocycles. The average molecular weight is 339 g/mol. The molecule has 2 aromatic carbocycles. The predicted octanol–water partition coefficient (Wildman–Crippen LogP) is 3.90. The Morgan fingerprint density at radius 2 is 1.80 bits per heavy atom. The maximum absolute atomic E-state index is 12.4. The van der Waals surface area contributed by atoms with Crippen LogP contribution in [0.15, 0.2) is 54.6 Å². The predicted molar refractivity (Wildman–Crippen MR) is 93.6 cm³/mol. The summed E-state index contributed by atoms with van der Waals surface area (Å²) >= 11 is 0. The molecular formula is C20H21NO4. The largest absolute Gasteiger partial charge is 0.478 e. The maximum Gasteiger partial charge on any atom is 0.410 e. The Balaban J connectivity index is 1.67. The average Bonchev–Trinajstić information content (AvgIpc) is 3.02. The van der Waals surface area contributed by atoms with Gasteiger partial charge in [0, 0.05) is 18.5 Å². The normalized spacial score (nSPS) is 19.6. The summed E-state index contributed by atoms with van der Waals surface area (Å²) in [6, 6.07) is 16.5. The molecule has 0 unspecified atom stereocenters. The Kier molecular flexibility index (Phi) is 5.03. The van der Waals surface area contributed by atoms with Gasteiger partial charge in [-0.05, 0) is 30.5 Å². The van der Waals surface area contributed by atoms with Gasteiger partial charge in [0.05, 0.1) is 5.56 Å². The van der Waals surface area contributed by atoms with Crippen LogP contribution in [0.2, 0.25) is 0 Å². The number of rotatable bonds is 4. The molecule has 1 fully saturated rings. The molecule has 1 heterocycles. The number of carboxylic acids is 1. The highest BCUT2D eigenvalue weighted by Crippen LogP contribution is 2.33. The van der Waals surface area contributed by atoms with Crippen molar-refractivity contribution < 1.29 is 19.4 Å². The lowest BCUT2D eigenvalue weighted by Crippen LogP contribution is -2.34. The number of aromatic carboxylic acids is 1. The van der Waals surface area contributed by atoms with Gasteiger partial charge in [0.15, 0.2) is 0 Å². The molecule has 1 amide bonds. The van der Waals surface area contributed by atoms with Crippen LogP contribution in [0.25, 0.3) is 0 Å². The number of hydrogen-bond donors (Lipinski definition) is 1. The maximum atomic E-state index is 12.4. The Morgan fingerprint density at radius 3 is 2.52 bits per heavy atom. The van der Waals surface area contributed by atoms with Gasteiger partial charge in [-0.3, -0.25) is 0 Å². The molecule has 1 aliphatic heterocycles. The number of carbonyl (C=O) groups is 2. The topological polar surface area (TPSA) is 66.8 Å². The van der Waals surface area contributed by atoms with Crippen LogP contribution in [-0.4, -0.2) is 34.7 Å². The van der Waals surface area contributed by atoms with E-state index in [1.54, 1.807) is 17.0 Å². The third-order valence-electron chi connectivity index (χ3n) is 4.65. The van der Waals surface area contributed by atoms with Crippen molar-refractivity contribution in [1.82, 2.24) is 4.90 Å². The Hall–Kier alpha value is -2.82. The second-order valence-electron chi connectivity index (χ2n) is 6.37. The Morgan fingerprint density at radius 1 is 1.12 bits per heavy atom. The van der Waals surface area contributed by atoms with Gasteiger partial charge in [0.2, 0.25) is 0 Å². The Bertz CT molecular complexity index is 759. The molecule has 5 nitrogen and oxygen atoms in total. The SMILES string of the molecule is C[C@@H]1C[C@H](c2ccccc2C(=O)O)CN1C(=O)OCc1ccccc1. The quantitative estimate of drug-likeness (QED) is 0.917. The summed E-state index contributed by atoms with van der Waals surface area (Å²) in [7, 11) is 0. The molecule has 1 aliphatic rings. The lowest BCUT2D eigenvalue weighted by atomic mass is 9.92. The molecular weight excluding hydrogens is 318 g/mol. The molecule has 0 bridgehead atoms. The van der Waals surface area contributed by atoms with Crippen LogP contribution < -0.4 is 0 Å². The van der Waals surface area contributed by atoms with Crippen molar-refractivity contribution >= 4 is 12.1 Å². The standard InChI is InChI=1S/C20H21NO4/c1-14-11-16(17-9-5-6-10-18(17)19(22)23)12-21(14)20(24)25-13-15-7-3-2-4-8-15/h2-10,14,16H,11-13H2,1H3,(H,22,23)/t14-,16+/m1/s1. The highest BCUT2D eigenvalue weighted by molar-refractivity contribution is 5.89. The summed E-state index contributed by atoms with van der Waals surface area (Å²) in [5, 5.41) is 9.37. The number of nitrogens with zero attached hydrogens (tertiary/aromatic N) is 1. The first-order chi connectivity index (χ1) is 12.1. The second-order valence-corrected chi connectivity index (χ2v) is 6.37. The third-order valence-corrected chi connectivity index (χ3v) is 4.65. The molecule has 2 atom stereocenters. The van der Waals surface area contributed by atoms with Crippen LogP contribution in [0.1, 0.15) is 40.7 Å². The van der Waals surface area contributed by atoms with Gasteiger partial charge < -0.3 is 14.7 Å². The van der Waals surface area contributed by atoms with E-state index in [1.807, 2.05) is 49.4 Å². The zero-order valence-electron chi connectivity index (χ0n) is 14.1. The van der Waals surface area contributed by atoms with Gasteiger partial charge in [-0.25, -0.2) is 9.59 Å². The van der Waals surface area contributed by atoms with Crippen LogP contribution in [0.5, 0.6) is 0 Å². The highest BCUT2D eigenvalue weighted by Gasteiger charge is 2.35. The minimum Gasteiger partial charge on any atom is -0.478 e. The van der Waals surface area contributed by atoms with Crippen LogP contribution in [0.4, 0.5) is 4.79 Å². The number of hydrogen-bond acceptors (Lipinski definition) is 3. The van der Waals surface area contributed by atoms with Gasteiger partial charge in [0.25, 0.3) is 0 Å². The minimum atomic E-state index is -0.937. The van der Waals surface area contributed by atoms with Crippen LogP contribution >= 0.6 is 0 Å². The fraction of sp³-hybridized carbons (Fsp3) is 0.300. The van der Waals surface area contributed by atoms with Crippen molar-refractivity contribution in [1.29, 1.82) is 0 Å². The molecule has 0 spiro atoms. The number of benzene rings is 2. The first-order valence-corrected chi connectivity index (χ1v) is 8.36. The number of carbonyl (C=O) groups excluding carboxylic acids is 1. The molecule has 1 saturated heterocycles. The zero-order chi connectivity index (χ0) is 17.8. The van der Waals surface area contributed by atoms with E-state index in [-0.39, 0.29) is 24.7 Å². The molecule has 0 radical (unpaired) electrons. The molecule has 5 heteroatoms. The van der Waals surface area contributed by atoms with Crippen molar-refractivity contribution in [3.63, 3.8) is 0 Å². The van der Waals surface area contributed by atoms with Gasteiger partial charge in [0.1, 0.15) is 6.61 Å². The van der Waals surface area contributed by atoms with Crippen LogP contribution in [0, 0.1) is 0 Å². The molecule has 130 valence electrons. The number of amides is 1. The summed E-state index contributed by atoms with van der Waals surface area (Å²) in [5.74, 6) is -0.931. The smallest absolute Gasteiger partial charge is 0.410 e. The molecule has 25 heavy (non-hydrogen) atoms. The van der Waals surface area contributed by atoms with E-state index < -0.39 is 5.97 Å². The zero-order valence-corrected chi connectivity index (χ0v) is 14.1. The summed E-state index contributed by atoms with van der Waals surface area (Å²) in [6.07, 6.45) is 0.372. The molecule has 2 aromatic rings. The van der Waals surface area contributed by atoms with E-state index in [0.29, 0.717) is 12.1 Å². The fourth-order valence-corrected chi connectivity index (χ4v) is 3.36. The fourth-order valence-electron chi connectivity index (χ4n) is 3.36. The van der Waals surface area contributed by atoms with E-state index in [9.17, 15) is 14.7 Å². The van der Waals surface area contributed by atoms with Gasteiger partial charge in [-0.2, -0.15) is 0 Å². The highest BCUT2D eigenvalue weighted by atomic mass is 16.6. The first kappa shape index (κ1) is 17.0. The second kappa shape index (κ2) is 7.38. The number of carboxylic acid groups (broad SMARTS) is 1. The molecule has 0 aliphatic carbocycles. The van der Waals surface area contributed by atoms with Gasteiger partial charge in [-0.1, -0.05) is 48.5 Å². The van der Waals surface area contributed by atoms with E-state index in [4.69, 9.17) is 4.74 Å². The first-order valence-electron chi connectivity index (χ1n) is 8.36. The van der Waals surface area contributed by atoms with Gasteiger partial charge in [-0.15, -0.1) is 0 Å².